The van der Waals surface area contributed by atoms with Gasteiger partial charge in [0, 0.05) is 23.9 Å². The van der Waals surface area contributed by atoms with E-state index in [1.807, 2.05) is 4.90 Å². The number of amides is 1. The number of ether oxygens (including phenoxy) is 2. The zero-order valence-corrected chi connectivity index (χ0v) is 14.4. The number of nitrogens with zero attached hydrogens (tertiary/aromatic N) is 1. The van der Waals surface area contributed by atoms with E-state index in [0.29, 0.717) is 19.1 Å². The van der Waals surface area contributed by atoms with Crippen LogP contribution in [-0.2, 0) is 22.3 Å². The van der Waals surface area contributed by atoms with Crippen molar-refractivity contribution in [2.45, 2.75) is 51.2 Å². The maximum absolute atomic E-state index is 12.8. The fourth-order valence-corrected chi connectivity index (χ4v) is 5.17. The Morgan fingerprint density at radius 3 is 2.61 bits per heavy atom. The first-order chi connectivity index (χ1) is 11.3. The molecule has 0 spiro atoms. The lowest BCUT2D eigenvalue weighted by Crippen LogP contribution is -2.41. The lowest BCUT2D eigenvalue weighted by molar-refractivity contribution is -0.0955. The van der Waals surface area contributed by atoms with E-state index in [2.05, 4.69) is 6.07 Å². The number of piperidine rings is 1. The summed E-state index contributed by atoms with van der Waals surface area (Å²) in [4.78, 5) is 17.2. The number of carbonyl (C=O) groups is 1. The summed E-state index contributed by atoms with van der Waals surface area (Å²) in [6, 6.07) is 2.17. The number of rotatable bonds is 2. The van der Waals surface area contributed by atoms with Crippen LogP contribution in [0.1, 0.15) is 52.2 Å². The van der Waals surface area contributed by atoms with Crippen LogP contribution in [0, 0.1) is 5.92 Å². The molecule has 1 aromatic heterocycles. The minimum absolute atomic E-state index is 0.0370. The molecule has 2 saturated heterocycles. The summed E-state index contributed by atoms with van der Waals surface area (Å²) < 4.78 is 11.2. The number of carbonyl (C=O) groups excluding carboxylic acids is 1. The van der Waals surface area contributed by atoms with Gasteiger partial charge in [0.1, 0.15) is 0 Å². The third-order valence-corrected chi connectivity index (χ3v) is 6.54. The molecule has 0 saturated carbocycles. The smallest absolute Gasteiger partial charge is 0.263 e. The average Bonchev–Trinajstić information content (AvgIpc) is 3.21. The van der Waals surface area contributed by atoms with Crippen LogP contribution in [0.15, 0.2) is 6.07 Å². The zero-order chi connectivity index (χ0) is 15.6. The van der Waals surface area contributed by atoms with E-state index in [0.717, 1.165) is 43.6 Å². The van der Waals surface area contributed by atoms with Crippen molar-refractivity contribution in [2.75, 3.05) is 26.3 Å². The Labute approximate surface area is 141 Å². The van der Waals surface area contributed by atoms with Gasteiger partial charge in [-0.25, -0.2) is 0 Å². The fraction of sp³-hybridized carbons (Fsp3) is 0.722. The van der Waals surface area contributed by atoms with Crippen LogP contribution in [0.2, 0.25) is 0 Å². The second-order valence-corrected chi connectivity index (χ2v) is 8.00. The molecule has 0 aromatic carbocycles. The summed E-state index contributed by atoms with van der Waals surface area (Å²) in [5.74, 6) is 0.677. The molecule has 5 heteroatoms. The predicted molar refractivity (Wildman–Crippen MR) is 89.9 cm³/mol. The molecule has 4 nitrogen and oxygen atoms in total. The molecule has 2 aliphatic heterocycles. The van der Waals surface area contributed by atoms with Gasteiger partial charge in [-0.3, -0.25) is 4.79 Å². The Bertz CT molecular complexity index is 533. The van der Waals surface area contributed by atoms with E-state index in [1.165, 1.54) is 29.7 Å². The van der Waals surface area contributed by atoms with E-state index < -0.39 is 0 Å². The monoisotopic (exact) mass is 335 g/mol. The van der Waals surface area contributed by atoms with Crippen molar-refractivity contribution in [3.8, 4) is 0 Å². The molecule has 0 radical (unpaired) electrons. The summed E-state index contributed by atoms with van der Waals surface area (Å²) in [6.45, 7) is 3.08. The topological polar surface area (TPSA) is 38.8 Å². The minimum Gasteiger partial charge on any atom is -0.350 e. The molecule has 0 atom stereocenters. The maximum Gasteiger partial charge on any atom is 0.263 e. The lowest BCUT2D eigenvalue weighted by Gasteiger charge is -2.33. The number of fused-ring (bicyclic) bond motifs is 1. The molecule has 126 valence electrons. The first kappa shape index (κ1) is 15.6. The van der Waals surface area contributed by atoms with Gasteiger partial charge in [-0.1, -0.05) is 6.42 Å². The first-order valence-electron chi connectivity index (χ1n) is 8.95. The van der Waals surface area contributed by atoms with Crippen molar-refractivity contribution >= 4 is 17.2 Å². The van der Waals surface area contributed by atoms with Crippen LogP contribution in [-0.4, -0.2) is 43.4 Å². The number of hydrogen-bond acceptors (Lipinski definition) is 4. The van der Waals surface area contributed by atoms with Crippen LogP contribution in [0.4, 0.5) is 0 Å². The molecule has 1 aliphatic carbocycles. The highest BCUT2D eigenvalue weighted by molar-refractivity contribution is 7.14. The predicted octanol–water partition coefficient (Wildman–Crippen LogP) is 3.24. The molecule has 3 aliphatic rings. The first-order valence-corrected chi connectivity index (χ1v) is 9.77. The highest BCUT2D eigenvalue weighted by Crippen LogP contribution is 2.31. The Balaban J connectivity index is 1.38. The number of aryl methyl sites for hydroxylation is 2. The normalized spacial score (nSPS) is 23.7. The van der Waals surface area contributed by atoms with Crippen molar-refractivity contribution in [3.05, 3.63) is 21.4 Å². The van der Waals surface area contributed by atoms with E-state index >= 15 is 0 Å². The van der Waals surface area contributed by atoms with Crippen molar-refractivity contribution < 1.29 is 14.3 Å². The van der Waals surface area contributed by atoms with E-state index in [9.17, 15) is 4.79 Å². The largest absolute Gasteiger partial charge is 0.350 e. The van der Waals surface area contributed by atoms with Gasteiger partial charge in [-0.2, -0.15) is 0 Å². The van der Waals surface area contributed by atoms with Gasteiger partial charge in [0.15, 0.2) is 6.29 Å². The van der Waals surface area contributed by atoms with Crippen LogP contribution in [0.25, 0.3) is 0 Å². The van der Waals surface area contributed by atoms with Gasteiger partial charge in [-0.15, -0.1) is 11.3 Å². The molecule has 0 N–H and O–H groups in total. The summed E-state index contributed by atoms with van der Waals surface area (Å²) in [6.07, 6.45) is 8.11. The van der Waals surface area contributed by atoms with Crippen LogP contribution in [0.5, 0.6) is 0 Å². The summed E-state index contributed by atoms with van der Waals surface area (Å²) in [7, 11) is 0. The molecule has 2 fully saturated rings. The second kappa shape index (κ2) is 6.91. The third kappa shape index (κ3) is 3.32. The molecule has 3 heterocycles. The summed E-state index contributed by atoms with van der Waals surface area (Å²) in [5, 5.41) is 0. The van der Waals surface area contributed by atoms with Gasteiger partial charge >= 0.3 is 0 Å². The number of thiophene rings is 1. The summed E-state index contributed by atoms with van der Waals surface area (Å²) >= 11 is 1.74. The maximum atomic E-state index is 12.8. The van der Waals surface area contributed by atoms with Gasteiger partial charge in [0.25, 0.3) is 5.91 Å². The Hall–Kier alpha value is -0.910. The summed E-state index contributed by atoms with van der Waals surface area (Å²) in [5.41, 5.74) is 1.43. The Kier molecular flexibility index (Phi) is 4.69. The minimum atomic E-state index is -0.0370. The molecule has 0 bridgehead atoms. The van der Waals surface area contributed by atoms with Crippen molar-refractivity contribution in [1.29, 1.82) is 0 Å². The molecule has 23 heavy (non-hydrogen) atoms. The van der Waals surface area contributed by atoms with E-state index in [-0.39, 0.29) is 12.2 Å². The SMILES string of the molecule is O=C(c1cc2c(s1)CCCCC2)N1CCC(C2OCCO2)CC1. The quantitative estimate of drug-likeness (QED) is 0.779. The second-order valence-electron chi connectivity index (χ2n) is 6.86. The molecular formula is C18H25NO3S. The van der Waals surface area contributed by atoms with Crippen molar-refractivity contribution in [1.82, 2.24) is 4.90 Å². The lowest BCUT2D eigenvalue weighted by atomic mass is 9.96. The molecule has 1 amide bonds. The van der Waals surface area contributed by atoms with Gasteiger partial charge in [0.05, 0.1) is 18.1 Å². The van der Waals surface area contributed by atoms with E-state index in [1.54, 1.807) is 11.3 Å². The van der Waals surface area contributed by atoms with E-state index in [4.69, 9.17) is 9.47 Å². The van der Waals surface area contributed by atoms with Crippen molar-refractivity contribution in [2.24, 2.45) is 5.92 Å². The molecule has 1 aromatic rings. The average molecular weight is 335 g/mol. The highest BCUT2D eigenvalue weighted by atomic mass is 32.1. The molecule has 4 rings (SSSR count). The van der Waals surface area contributed by atoms with Gasteiger partial charge in [-0.05, 0) is 50.2 Å². The van der Waals surface area contributed by atoms with Crippen molar-refractivity contribution in [3.63, 3.8) is 0 Å². The number of likely N-dealkylation sites (tertiary alicyclic amines) is 1. The van der Waals surface area contributed by atoms with Gasteiger partial charge < -0.3 is 14.4 Å². The Morgan fingerprint density at radius 2 is 1.83 bits per heavy atom. The zero-order valence-electron chi connectivity index (χ0n) is 13.6. The highest BCUT2D eigenvalue weighted by Gasteiger charge is 2.32. The van der Waals surface area contributed by atoms with Crippen LogP contribution >= 0.6 is 11.3 Å². The molecular weight excluding hydrogens is 310 g/mol. The van der Waals surface area contributed by atoms with Gasteiger partial charge in [0.2, 0.25) is 0 Å². The fourth-order valence-electron chi connectivity index (χ4n) is 3.95. The van der Waals surface area contributed by atoms with Crippen LogP contribution in [0.3, 0.4) is 0 Å². The van der Waals surface area contributed by atoms with Crippen LogP contribution < -0.4 is 0 Å². The standard InChI is InChI=1S/C18H25NO3S/c20-17(16-12-14-4-2-1-3-5-15(14)23-16)19-8-6-13(7-9-19)18-21-10-11-22-18/h12-13,18H,1-11H2. The molecule has 0 unspecified atom stereocenters. The number of hydrogen-bond donors (Lipinski definition) is 0. The third-order valence-electron chi connectivity index (χ3n) is 5.32. The Morgan fingerprint density at radius 1 is 1.09 bits per heavy atom.